The molecule has 0 aliphatic rings. The third-order valence-corrected chi connectivity index (χ3v) is 5.05. The van der Waals surface area contributed by atoms with Crippen molar-refractivity contribution < 1.29 is 14.6 Å². The second-order valence-corrected chi connectivity index (χ2v) is 6.97. The molecule has 1 N–H and O–H groups in total. The molecule has 0 atom stereocenters. The van der Waals surface area contributed by atoms with Crippen molar-refractivity contribution in [3.63, 3.8) is 0 Å². The molecule has 0 bridgehead atoms. The summed E-state index contributed by atoms with van der Waals surface area (Å²) in [5, 5.41) is 9.74. The fraction of sp³-hybridized carbons (Fsp3) is 0.0741. The maximum atomic E-state index is 13.3. The molecule has 4 rings (SSSR count). The molecule has 0 fully saturated rings. The quantitative estimate of drug-likeness (QED) is 0.421. The van der Waals surface area contributed by atoms with Crippen LogP contribution < -0.4 is 0 Å². The Kier molecular flexibility index (Phi) is 6.02. The Morgan fingerprint density at radius 2 is 1.17 bits per heavy atom. The molecule has 148 valence electrons. The van der Waals surface area contributed by atoms with Gasteiger partial charge in [0.25, 0.3) is 0 Å². The molecule has 0 unspecified atom stereocenters. The van der Waals surface area contributed by atoms with E-state index in [2.05, 4.69) is 0 Å². The highest BCUT2D eigenvalue weighted by Gasteiger charge is 2.22. The van der Waals surface area contributed by atoms with Crippen molar-refractivity contribution >= 4 is 5.97 Å². The van der Waals surface area contributed by atoms with E-state index in [9.17, 15) is 9.90 Å². The van der Waals surface area contributed by atoms with Crippen LogP contribution in [0.15, 0.2) is 109 Å². The first-order valence-electron chi connectivity index (χ1n) is 9.87. The Morgan fingerprint density at radius 1 is 0.667 bits per heavy atom. The number of esters is 1. The number of aliphatic hydroxyl groups excluding tert-OH is 1. The zero-order valence-electron chi connectivity index (χ0n) is 16.4. The van der Waals surface area contributed by atoms with E-state index in [0.29, 0.717) is 5.56 Å². The predicted molar refractivity (Wildman–Crippen MR) is 118 cm³/mol. The van der Waals surface area contributed by atoms with E-state index in [-0.39, 0.29) is 6.61 Å². The van der Waals surface area contributed by atoms with Gasteiger partial charge in [-0.2, -0.15) is 0 Å². The van der Waals surface area contributed by atoms with E-state index in [1.165, 1.54) is 0 Å². The molecule has 0 aromatic heterocycles. The first-order chi connectivity index (χ1) is 14.8. The van der Waals surface area contributed by atoms with Crippen molar-refractivity contribution in [1.82, 2.24) is 0 Å². The van der Waals surface area contributed by atoms with E-state index in [1.54, 1.807) is 6.07 Å². The van der Waals surface area contributed by atoms with Crippen molar-refractivity contribution in [1.29, 1.82) is 0 Å². The summed E-state index contributed by atoms with van der Waals surface area (Å²) in [6, 6.07) is 34.3. The minimum absolute atomic E-state index is 0.101. The lowest BCUT2D eigenvalue weighted by atomic mass is 9.95. The maximum absolute atomic E-state index is 13.3. The summed E-state index contributed by atoms with van der Waals surface area (Å²) in [5.74, 6) is -0.406. The fourth-order valence-electron chi connectivity index (χ4n) is 3.57. The highest BCUT2D eigenvalue weighted by atomic mass is 16.5. The molecule has 3 nitrogen and oxygen atoms in total. The highest BCUT2D eigenvalue weighted by molar-refractivity contribution is 5.98. The van der Waals surface area contributed by atoms with Crippen LogP contribution in [0.4, 0.5) is 0 Å². The summed E-state index contributed by atoms with van der Waals surface area (Å²) >= 11 is 0. The van der Waals surface area contributed by atoms with Crippen molar-refractivity contribution in [2.45, 2.75) is 12.7 Å². The Bertz CT molecular complexity index is 1080. The minimum atomic E-state index is -0.513. The number of carbonyl (C=O) groups excluding carboxylic acids is 1. The van der Waals surface area contributed by atoms with Crippen LogP contribution in [-0.2, 0) is 11.3 Å². The van der Waals surface area contributed by atoms with Gasteiger partial charge in [-0.3, -0.25) is 0 Å². The van der Waals surface area contributed by atoms with Gasteiger partial charge in [0, 0.05) is 0 Å². The Morgan fingerprint density at radius 3 is 1.77 bits per heavy atom. The second-order valence-electron chi connectivity index (χ2n) is 6.97. The third-order valence-electron chi connectivity index (χ3n) is 5.05. The lowest BCUT2D eigenvalue weighted by Gasteiger charge is -2.20. The van der Waals surface area contributed by atoms with Crippen LogP contribution in [0.3, 0.4) is 0 Å². The number of hydrogen-bond acceptors (Lipinski definition) is 3. The summed E-state index contributed by atoms with van der Waals surface area (Å²) in [7, 11) is 0. The largest absolute Gasteiger partial charge is 0.449 e. The molecule has 0 saturated carbocycles. The van der Waals surface area contributed by atoms with E-state index in [0.717, 1.165) is 27.8 Å². The average molecular weight is 394 g/mol. The van der Waals surface area contributed by atoms with Crippen LogP contribution in [-0.4, -0.2) is 11.1 Å². The van der Waals surface area contributed by atoms with Crippen molar-refractivity contribution in [3.05, 3.63) is 131 Å². The number of ether oxygens (including phenoxy) is 1. The van der Waals surface area contributed by atoms with Gasteiger partial charge < -0.3 is 9.84 Å². The van der Waals surface area contributed by atoms with Crippen LogP contribution in [0.1, 0.15) is 33.2 Å². The molecule has 0 aliphatic heterocycles. The van der Waals surface area contributed by atoms with Crippen LogP contribution in [0.5, 0.6) is 0 Å². The van der Waals surface area contributed by atoms with Gasteiger partial charge in [0.05, 0.1) is 12.2 Å². The van der Waals surface area contributed by atoms with Gasteiger partial charge in [-0.1, -0.05) is 103 Å². The van der Waals surface area contributed by atoms with Crippen LogP contribution in [0.2, 0.25) is 0 Å². The minimum Gasteiger partial charge on any atom is -0.449 e. The van der Waals surface area contributed by atoms with Crippen LogP contribution in [0.25, 0.3) is 11.1 Å². The van der Waals surface area contributed by atoms with Gasteiger partial charge in [0.2, 0.25) is 0 Å². The zero-order chi connectivity index (χ0) is 20.8. The second kappa shape index (κ2) is 9.21. The maximum Gasteiger partial charge on any atom is 0.339 e. The predicted octanol–water partition coefficient (Wildman–Crippen LogP) is 5.79. The summed E-state index contributed by atoms with van der Waals surface area (Å²) in [5.41, 5.74) is 4.61. The van der Waals surface area contributed by atoms with Gasteiger partial charge in [-0.05, 0) is 33.9 Å². The Hall–Kier alpha value is -3.69. The normalized spacial score (nSPS) is 10.7. The number of hydrogen-bond donors (Lipinski definition) is 1. The van der Waals surface area contributed by atoms with Crippen LogP contribution in [0, 0.1) is 0 Å². The molecule has 0 aliphatic carbocycles. The number of benzene rings is 4. The molecule has 3 heteroatoms. The van der Waals surface area contributed by atoms with Crippen molar-refractivity contribution in [2.75, 3.05) is 0 Å². The molecular weight excluding hydrogens is 372 g/mol. The van der Waals surface area contributed by atoms with Gasteiger partial charge >= 0.3 is 5.97 Å². The standard InChI is InChI=1S/C27H22O3/c28-19-22-15-7-8-16-23(22)24-17-9-10-18-25(24)27(29)30-26(20-11-3-1-4-12-20)21-13-5-2-6-14-21/h1-18,26,28H,19H2. The molecule has 4 aromatic rings. The van der Waals surface area contributed by atoms with E-state index < -0.39 is 12.1 Å². The topological polar surface area (TPSA) is 46.5 Å². The van der Waals surface area contributed by atoms with Gasteiger partial charge in [0.15, 0.2) is 6.10 Å². The number of aliphatic hydroxyl groups is 1. The molecule has 0 spiro atoms. The first-order valence-corrected chi connectivity index (χ1v) is 9.87. The molecule has 0 heterocycles. The highest BCUT2D eigenvalue weighted by Crippen LogP contribution is 2.31. The molecule has 0 amide bonds. The molecule has 30 heavy (non-hydrogen) atoms. The Balaban J connectivity index is 1.73. The fourth-order valence-corrected chi connectivity index (χ4v) is 3.57. The summed E-state index contributed by atoms with van der Waals surface area (Å²) < 4.78 is 6.04. The monoisotopic (exact) mass is 394 g/mol. The van der Waals surface area contributed by atoms with Crippen LogP contribution >= 0.6 is 0 Å². The molecule has 4 aromatic carbocycles. The van der Waals surface area contributed by atoms with Crippen molar-refractivity contribution in [2.24, 2.45) is 0 Å². The molecule has 0 radical (unpaired) electrons. The lowest BCUT2D eigenvalue weighted by Crippen LogP contribution is -2.14. The molecular formula is C27H22O3. The summed E-state index contributed by atoms with van der Waals surface area (Å²) in [4.78, 5) is 13.3. The zero-order valence-corrected chi connectivity index (χ0v) is 16.4. The Labute approximate surface area is 176 Å². The molecule has 0 saturated heterocycles. The van der Waals surface area contributed by atoms with E-state index in [4.69, 9.17) is 4.74 Å². The lowest BCUT2D eigenvalue weighted by molar-refractivity contribution is 0.0379. The van der Waals surface area contributed by atoms with Gasteiger partial charge in [-0.25, -0.2) is 4.79 Å². The summed E-state index contributed by atoms with van der Waals surface area (Å²) in [6.45, 7) is -0.101. The van der Waals surface area contributed by atoms with E-state index in [1.807, 2.05) is 103 Å². The average Bonchev–Trinajstić information content (AvgIpc) is 2.83. The summed E-state index contributed by atoms with van der Waals surface area (Å²) in [6.07, 6.45) is -0.513. The van der Waals surface area contributed by atoms with Gasteiger partial charge in [0.1, 0.15) is 0 Å². The smallest absolute Gasteiger partial charge is 0.339 e. The van der Waals surface area contributed by atoms with Crippen molar-refractivity contribution in [3.8, 4) is 11.1 Å². The number of carbonyl (C=O) groups is 1. The SMILES string of the molecule is O=C(OC(c1ccccc1)c1ccccc1)c1ccccc1-c1ccccc1CO. The third kappa shape index (κ3) is 4.17. The number of rotatable bonds is 6. The first kappa shape index (κ1) is 19.6. The van der Waals surface area contributed by atoms with E-state index >= 15 is 0 Å². The van der Waals surface area contributed by atoms with Gasteiger partial charge in [-0.15, -0.1) is 0 Å².